The molecule has 0 saturated carbocycles. The highest BCUT2D eigenvalue weighted by Gasteiger charge is 2.15. The van der Waals surface area contributed by atoms with E-state index in [0.29, 0.717) is 17.1 Å². The zero-order valence-electron chi connectivity index (χ0n) is 10.6. The van der Waals surface area contributed by atoms with Gasteiger partial charge in [-0.25, -0.2) is 4.79 Å². The SMILES string of the molecule is CC(C)(C)OC(=O)NCc1ccc(C#N)c(Cl)c1. The number of benzene rings is 1. The van der Waals surface area contributed by atoms with Gasteiger partial charge in [0, 0.05) is 6.54 Å². The Labute approximate surface area is 112 Å². The first kappa shape index (κ1) is 14.3. The van der Waals surface area contributed by atoms with Gasteiger partial charge in [-0.05, 0) is 38.5 Å². The minimum atomic E-state index is -0.521. The Balaban J connectivity index is 2.57. The maximum absolute atomic E-state index is 11.4. The molecule has 96 valence electrons. The third-order valence-electron chi connectivity index (χ3n) is 1.99. The molecular formula is C13H15ClN2O2. The van der Waals surface area contributed by atoms with Crippen molar-refractivity contribution in [2.24, 2.45) is 0 Å². The molecule has 0 bridgehead atoms. The Morgan fingerprint density at radius 3 is 2.67 bits per heavy atom. The number of carbonyl (C=O) groups is 1. The third kappa shape index (κ3) is 4.64. The summed E-state index contributed by atoms with van der Waals surface area (Å²) >= 11 is 5.88. The summed E-state index contributed by atoms with van der Waals surface area (Å²) in [5.41, 5.74) is 0.703. The van der Waals surface area contributed by atoms with Gasteiger partial charge in [0.1, 0.15) is 11.7 Å². The molecular weight excluding hydrogens is 252 g/mol. The van der Waals surface area contributed by atoms with Crippen LogP contribution in [0.1, 0.15) is 31.9 Å². The van der Waals surface area contributed by atoms with Crippen LogP contribution in [0, 0.1) is 11.3 Å². The van der Waals surface area contributed by atoms with E-state index < -0.39 is 11.7 Å². The van der Waals surface area contributed by atoms with E-state index in [1.807, 2.05) is 6.07 Å². The number of carbonyl (C=O) groups excluding carboxylic acids is 1. The van der Waals surface area contributed by atoms with E-state index in [2.05, 4.69) is 5.32 Å². The fourth-order valence-electron chi connectivity index (χ4n) is 1.25. The molecule has 1 N–H and O–H groups in total. The van der Waals surface area contributed by atoms with Crippen LogP contribution in [0.5, 0.6) is 0 Å². The van der Waals surface area contributed by atoms with Crippen LogP contribution < -0.4 is 5.32 Å². The van der Waals surface area contributed by atoms with Crippen LogP contribution in [0.4, 0.5) is 4.79 Å². The molecule has 18 heavy (non-hydrogen) atoms. The highest BCUT2D eigenvalue weighted by molar-refractivity contribution is 6.31. The van der Waals surface area contributed by atoms with Crippen LogP contribution in [0.15, 0.2) is 18.2 Å². The van der Waals surface area contributed by atoms with Gasteiger partial charge in [0.15, 0.2) is 0 Å². The van der Waals surface area contributed by atoms with Crippen molar-refractivity contribution in [1.29, 1.82) is 5.26 Å². The Kier molecular flexibility index (Phi) is 4.57. The second-order valence-corrected chi connectivity index (χ2v) is 5.19. The smallest absolute Gasteiger partial charge is 0.407 e. The number of hydrogen-bond acceptors (Lipinski definition) is 3. The van der Waals surface area contributed by atoms with Crippen molar-refractivity contribution in [2.45, 2.75) is 32.9 Å². The summed E-state index contributed by atoms with van der Waals surface area (Å²) in [7, 11) is 0. The molecule has 1 aromatic rings. The van der Waals surface area contributed by atoms with Gasteiger partial charge in [-0.15, -0.1) is 0 Å². The number of halogens is 1. The van der Waals surface area contributed by atoms with Crippen molar-refractivity contribution >= 4 is 17.7 Å². The minimum absolute atomic E-state index is 0.306. The molecule has 0 heterocycles. The van der Waals surface area contributed by atoms with E-state index in [9.17, 15) is 4.79 Å². The molecule has 0 aliphatic rings. The monoisotopic (exact) mass is 266 g/mol. The average molecular weight is 267 g/mol. The lowest BCUT2D eigenvalue weighted by Gasteiger charge is -2.19. The number of nitriles is 1. The lowest BCUT2D eigenvalue weighted by atomic mass is 10.1. The summed E-state index contributed by atoms with van der Waals surface area (Å²) in [6.45, 7) is 5.70. The average Bonchev–Trinajstić information content (AvgIpc) is 2.24. The third-order valence-corrected chi connectivity index (χ3v) is 2.30. The zero-order valence-corrected chi connectivity index (χ0v) is 11.3. The minimum Gasteiger partial charge on any atom is -0.444 e. The molecule has 5 heteroatoms. The lowest BCUT2D eigenvalue weighted by molar-refractivity contribution is 0.0523. The molecule has 4 nitrogen and oxygen atoms in total. The van der Waals surface area contributed by atoms with Crippen LogP contribution in [-0.4, -0.2) is 11.7 Å². The zero-order chi connectivity index (χ0) is 13.8. The molecule has 0 saturated heterocycles. The number of nitrogens with one attached hydrogen (secondary N) is 1. The number of rotatable bonds is 2. The van der Waals surface area contributed by atoms with E-state index in [1.165, 1.54) is 0 Å². The van der Waals surface area contributed by atoms with Gasteiger partial charge in [-0.3, -0.25) is 0 Å². The molecule has 0 atom stereocenters. The van der Waals surface area contributed by atoms with Crippen LogP contribution in [0.3, 0.4) is 0 Å². The molecule has 0 unspecified atom stereocenters. The maximum atomic E-state index is 11.4. The van der Waals surface area contributed by atoms with Gasteiger partial charge < -0.3 is 10.1 Å². The number of hydrogen-bond donors (Lipinski definition) is 1. The number of ether oxygens (including phenoxy) is 1. The Bertz CT molecular complexity index is 487. The van der Waals surface area contributed by atoms with Crippen LogP contribution in [0.25, 0.3) is 0 Å². The topological polar surface area (TPSA) is 62.1 Å². The molecule has 0 aliphatic heterocycles. The first-order valence-electron chi connectivity index (χ1n) is 5.47. The van der Waals surface area contributed by atoms with Crippen LogP contribution in [-0.2, 0) is 11.3 Å². The summed E-state index contributed by atoms with van der Waals surface area (Å²) in [4.78, 5) is 11.4. The summed E-state index contributed by atoms with van der Waals surface area (Å²) in [5.74, 6) is 0. The van der Waals surface area contributed by atoms with E-state index in [-0.39, 0.29) is 0 Å². The Hall–Kier alpha value is -1.73. The van der Waals surface area contributed by atoms with Gasteiger partial charge in [0.2, 0.25) is 0 Å². The Morgan fingerprint density at radius 2 is 2.17 bits per heavy atom. The highest BCUT2D eigenvalue weighted by atomic mass is 35.5. The largest absolute Gasteiger partial charge is 0.444 e. The fourth-order valence-corrected chi connectivity index (χ4v) is 1.49. The van der Waals surface area contributed by atoms with Gasteiger partial charge in [0.05, 0.1) is 10.6 Å². The van der Waals surface area contributed by atoms with Gasteiger partial charge in [-0.1, -0.05) is 17.7 Å². The summed E-state index contributed by atoms with van der Waals surface area (Å²) in [6.07, 6.45) is -0.483. The molecule has 1 aromatic carbocycles. The van der Waals surface area contributed by atoms with E-state index in [1.54, 1.807) is 39.0 Å². The molecule has 1 rings (SSSR count). The van der Waals surface area contributed by atoms with Crippen molar-refractivity contribution in [3.63, 3.8) is 0 Å². The second kappa shape index (κ2) is 5.74. The summed E-state index contributed by atoms with van der Waals surface area (Å²) in [6, 6.07) is 6.98. The maximum Gasteiger partial charge on any atom is 0.407 e. The predicted octanol–water partition coefficient (Wildman–Crippen LogP) is 3.24. The van der Waals surface area contributed by atoms with Gasteiger partial charge >= 0.3 is 6.09 Å². The highest BCUT2D eigenvalue weighted by Crippen LogP contribution is 2.17. The number of nitrogens with zero attached hydrogens (tertiary/aromatic N) is 1. The lowest BCUT2D eigenvalue weighted by Crippen LogP contribution is -2.32. The van der Waals surface area contributed by atoms with Crippen LogP contribution >= 0.6 is 11.6 Å². The van der Waals surface area contributed by atoms with Crippen molar-refractivity contribution < 1.29 is 9.53 Å². The first-order chi connectivity index (χ1) is 8.31. The first-order valence-corrected chi connectivity index (χ1v) is 5.85. The molecule has 0 radical (unpaired) electrons. The van der Waals surface area contributed by atoms with Crippen molar-refractivity contribution in [2.75, 3.05) is 0 Å². The van der Waals surface area contributed by atoms with Crippen LogP contribution in [0.2, 0.25) is 5.02 Å². The summed E-state index contributed by atoms with van der Waals surface area (Å²) in [5, 5.41) is 11.7. The molecule has 0 spiro atoms. The van der Waals surface area contributed by atoms with Gasteiger partial charge in [0.25, 0.3) is 0 Å². The quantitative estimate of drug-likeness (QED) is 0.894. The Morgan fingerprint density at radius 1 is 1.50 bits per heavy atom. The normalized spacial score (nSPS) is 10.6. The van der Waals surface area contributed by atoms with Gasteiger partial charge in [-0.2, -0.15) is 5.26 Å². The van der Waals surface area contributed by atoms with Crippen molar-refractivity contribution in [1.82, 2.24) is 5.32 Å². The molecule has 0 aromatic heterocycles. The van der Waals surface area contributed by atoms with E-state index in [4.69, 9.17) is 21.6 Å². The van der Waals surface area contributed by atoms with E-state index >= 15 is 0 Å². The van der Waals surface area contributed by atoms with E-state index in [0.717, 1.165) is 5.56 Å². The fraction of sp³-hybridized carbons (Fsp3) is 0.385. The standard InChI is InChI=1S/C13H15ClN2O2/c1-13(2,3)18-12(17)16-8-9-4-5-10(7-15)11(14)6-9/h4-6H,8H2,1-3H3,(H,16,17). The number of amides is 1. The molecule has 0 fully saturated rings. The molecule has 1 amide bonds. The number of alkyl carbamates (subject to hydrolysis) is 1. The second-order valence-electron chi connectivity index (χ2n) is 4.78. The van der Waals surface area contributed by atoms with Crippen molar-refractivity contribution in [3.05, 3.63) is 34.3 Å². The predicted molar refractivity (Wildman–Crippen MR) is 69.2 cm³/mol. The molecule has 0 aliphatic carbocycles. The summed E-state index contributed by atoms with van der Waals surface area (Å²) < 4.78 is 5.10. The van der Waals surface area contributed by atoms with Crippen molar-refractivity contribution in [3.8, 4) is 6.07 Å².